The molecule has 1 aromatic rings. The smallest absolute Gasteiger partial charge is 0.124 e. The van der Waals surface area contributed by atoms with Gasteiger partial charge in [0.2, 0.25) is 0 Å². The van der Waals surface area contributed by atoms with E-state index in [4.69, 9.17) is 5.41 Å². The molecule has 2 heteroatoms. The third kappa shape index (κ3) is 1.64. The van der Waals surface area contributed by atoms with Crippen molar-refractivity contribution in [2.75, 3.05) is 0 Å². The molecule has 0 fully saturated rings. The highest BCUT2D eigenvalue weighted by molar-refractivity contribution is 6.01. The fraction of sp³-hybridized carbons (Fsp3) is 0.300. The summed E-state index contributed by atoms with van der Waals surface area (Å²) >= 11 is 0. The first kappa shape index (κ1) is 8.78. The number of phenols is 1. The number of benzene rings is 1. The van der Waals surface area contributed by atoms with Gasteiger partial charge < -0.3 is 10.5 Å². The minimum atomic E-state index is 0.151. The van der Waals surface area contributed by atoms with Crippen molar-refractivity contribution in [1.82, 2.24) is 0 Å². The van der Waals surface area contributed by atoms with Crippen molar-refractivity contribution >= 4 is 5.71 Å². The maximum absolute atomic E-state index is 9.39. The first-order valence-corrected chi connectivity index (χ1v) is 3.99. The summed E-state index contributed by atoms with van der Waals surface area (Å²) < 4.78 is 0. The summed E-state index contributed by atoms with van der Waals surface area (Å²) in [6.07, 6.45) is 0. The Balaban J connectivity index is 3.03. The van der Waals surface area contributed by atoms with Crippen LogP contribution < -0.4 is 0 Å². The van der Waals surface area contributed by atoms with Crippen molar-refractivity contribution in [3.05, 3.63) is 29.8 Å². The maximum atomic E-state index is 9.39. The molecule has 12 heavy (non-hydrogen) atoms. The van der Waals surface area contributed by atoms with E-state index in [1.165, 1.54) is 0 Å². The Kier molecular flexibility index (Phi) is 2.48. The van der Waals surface area contributed by atoms with Gasteiger partial charge in [-0.25, -0.2) is 0 Å². The van der Waals surface area contributed by atoms with Crippen molar-refractivity contribution < 1.29 is 5.11 Å². The highest BCUT2D eigenvalue weighted by Crippen LogP contribution is 2.18. The van der Waals surface area contributed by atoms with Crippen molar-refractivity contribution in [2.24, 2.45) is 5.92 Å². The molecule has 0 atom stereocenters. The monoisotopic (exact) mass is 163 g/mol. The second kappa shape index (κ2) is 3.39. The fourth-order valence-electron chi connectivity index (χ4n) is 1.01. The maximum Gasteiger partial charge on any atom is 0.124 e. The second-order valence-corrected chi connectivity index (χ2v) is 3.09. The molecule has 0 unspecified atom stereocenters. The van der Waals surface area contributed by atoms with Gasteiger partial charge in [-0.3, -0.25) is 0 Å². The average Bonchev–Trinajstić information content (AvgIpc) is 2.04. The van der Waals surface area contributed by atoms with Crippen molar-refractivity contribution in [3.63, 3.8) is 0 Å². The summed E-state index contributed by atoms with van der Waals surface area (Å²) in [5, 5.41) is 17.1. The van der Waals surface area contributed by atoms with Gasteiger partial charge in [-0.05, 0) is 18.1 Å². The highest BCUT2D eigenvalue weighted by Gasteiger charge is 2.08. The van der Waals surface area contributed by atoms with Gasteiger partial charge in [0, 0.05) is 11.3 Å². The third-order valence-electron chi connectivity index (χ3n) is 1.77. The average molecular weight is 163 g/mol. The quantitative estimate of drug-likeness (QED) is 0.646. The molecule has 0 aliphatic rings. The predicted octanol–water partition coefficient (Wildman–Crippen LogP) is 2.42. The summed E-state index contributed by atoms with van der Waals surface area (Å²) in [6, 6.07) is 6.95. The van der Waals surface area contributed by atoms with Gasteiger partial charge in [0.15, 0.2) is 0 Å². The molecule has 0 saturated heterocycles. The first-order chi connectivity index (χ1) is 5.63. The summed E-state index contributed by atoms with van der Waals surface area (Å²) in [4.78, 5) is 0. The van der Waals surface area contributed by atoms with Crippen LogP contribution in [0.3, 0.4) is 0 Å². The van der Waals surface area contributed by atoms with E-state index in [9.17, 15) is 5.11 Å². The molecule has 0 aliphatic heterocycles. The number of aromatic hydroxyl groups is 1. The van der Waals surface area contributed by atoms with Gasteiger partial charge in [0.25, 0.3) is 0 Å². The fourth-order valence-corrected chi connectivity index (χ4v) is 1.01. The van der Waals surface area contributed by atoms with Crippen LogP contribution in [0.4, 0.5) is 0 Å². The Morgan fingerprint density at radius 2 is 1.92 bits per heavy atom. The first-order valence-electron chi connectivity index (χ1n) is 3.99. The topological polar surface area (TPSA) is 44.1 Å². The van der Waals surface area contributed by atoms with Crippen LogP contribution >= 0.6 is 0 Å². The highest BCUT2D eigenvalue weighted by atomic mass is 16.3. The lowest BCUT2D eigenvalue weighted by Gasteiger charge is -2.08. The van der Waals surface area contributed by atoms with Crippen LogP contribution in [0.25, 0.3) is 0 Å². The number of phenolic OH excluding ortho intramolecular Hbond substituents is 1. The minimum absolute atomic E-state index is 0.151. The zero-order valence-electron chi connectivity index (χ0n) is 7.33. The van der Waals surface area contributed by atoms with Crippen molar-refractivity contribution in [2.45, 2.75) is 13.8 Å². The standard InChI is InChI=1S/C10H13NO/c1-7(2)10(11)8-5-3-4-6-9(8)12/h3-7,11-12H,1-2H3. The normalized spacial score (nSPS) is 10.2. The summed E-state index contributed by atoms with van der Waals surface area (Å²) in [6.45, 7) is 3.88. The van der Waals surface area contributed by atoms with Crippen molar-refractivity contribution in [3.8, 4) is 5.75 Å². The number of nitrogens with one attached hydrogen (secondary N) is 1. The molecule has 0 radical (unpaired) electrons. The van der Waals surface area contributed by atoms with Crippen LogP contribution in [0.1, 0.15) is 19.4 Å². The molecule has 0 bridgehead atoms. The Morgan fingerprint density at radius 1 is 1.33 bits per heavy atom. The van der Waals surface area contributed by atoms with E-state index in [2.05, 4.69) is 0 Å². The van der Waals surface area contributed by atoms with E-state index in [1.807, 2.05) is 19.9 Å². The molecule has 0 spiro atoms. The van der Waals surface area contributed by atoms with Crippen LogP contribution in [0, 0.1) is 11.3 Å². The number of rotatable bonds is 2. The van der Waals surface area contributed by atoms with Crippen molar-refractivity contribution in [1.29, 1.82) is 5.41 Å². The van der Waals surface area contributed by atoms with Gasteiger partial charge in [-0.2, -0.15) is 0 Å². The SMILES string of the molecule is CC(C)C(=N)c1ccccc1O. The zero-order valence-corrected chi connectivity index (χ0v) is 7.33. The van der Waals surface area contributed by atoms with Gasteiger partial charge in [0.05, 0.1) is 0 Å². The summed E-state index contributed by atoms with van der Waals surface area (Å²) in [7, 11) is 0. The lowest BCUT2D eigenvalue weighted by atomic mass is 10.00. The molecule has 1 rings (SSSR count). The number of hydrogen-bond acceptors (Lipinski definition) is 2. The van der Waals surface area contributed by atoms with Gasteiger partial charge in [0.1, 0.15) is 5.75 Å². The predicted molar refractivity (Wildman–Crippen MR) is 49.8 cm³/mol. The minimum Gasteiger partial charge on any atom is -0.507 e. The molecule has 0 saturated carbocycles. The molecule has 64 valence electrons. The molecule has 0 aromatic heterocycles. The van der Waals surface area contributed by atoms with Crippen LogP contribution in [-0.2, 0) is 0 Å². The van der Waals surface area contributed by atoms with E-state index in [0.717, 1.165) is 0 Å². The molecule has 2 nitrogen and oxygen atoms in total. The van der Waals surface area contributed by atoms with E-state index in [-0.39, 0.29) is 11.7 Å². The van der Waals surface area contributed by atoms with E-state index in [0.29, 0.717) is 11.3 Å². The van der Waals surface area contributed by atoms with Crippen LogP contribution in [0.15, 0.2) is 24.3 Å². The summed E-state index contributed by atoms with van der Waals surface area (Å²) in [5.74, 6) is 0.342. The molecule has 0 amide bonds. The molecular formula is C10H13NO. The van der Waals surface area contributed by atoms with E-state index < -0.39 is 0 Å². The van der Waals surface area contributed by atoms with E-state index >= 15 is 0 Å². The number of hydrogen-bond donors (Lipinski definition) is 2. The third-order valence-corrected chi connectivity index (χ3v) is 1.77. The molecule has 0 heterocycles. The lowest BCUT2D eigenvalue weighted by Crippen LogP contribution is -2.07. The molecule has 0 aliphatic carbocycles. The zero-order chi connectivity index (χ0) is 9.14. The van der Waals surface area contributed by atoms with Crippen LogP contribution in [0.5, 0.6) is 5.75 Å². The van der Waals surface area contributed by atoms with Gasteiger partial charge in [-0.15, -0.1) is 0 Å². The largest absolute Gasteiger partial charge is 0.507 e. The Labute approximate surface area is 72.4 Å². The molecule has 2 N–H and O–H groups in total. The summed E-state index contributed by atoms with van der Waals surface area (Å²) in [5.41, 5.74) is 1.11. The van der Waals surface area contributed by atoms with Gasteiger partial charge in [-0.1, -0.05) is 26.0 Å². The van der Waals surface area contributed by atoms with Crippen LogP contribution in [-0.4, -0.2) is 10.8 Å². The Morgan fingerprint density at radius 3 is 2.42 bits per heavy atom. The van der Waals surface area contributed by atoms with E-state index in [1.54, 1.807) is 18.2 Å². The lowest BCUT2D eigenvalue weighted by molar-refractivity contribution is 0.473. The molecule has 1 aromatic carbocycles. The Hall–Kier alpha value is -1.31. The van der Waals surface area contributed by atoms with Crippen LogP contribution in [0.2, 0.25) is 0 Å². The Bertz CT molecular complexity index is 292. The molecular weight excluding hydrogens is 150 g/mol. The van der Waals surface area contributed by atoms with Gasteiger partial charge >= 0.3 is 0 Å². The second-order valence-electron chi connectivity index (χ2n) is 3.09. The number of para-hydroxylation sites is 1.